The highest BCUT2D eigenvalue weighted by molar-refractivity contribution is 7.09. The number of rotatable bonds is 5. The SMILES string of the molecule is CC(Cc1cccs1)N(C)c1ccc([C@@H](C)O)cc1. The van der Waals surface area contributed by atoms with Crippen molar-refractivity contribution in [2.45, 2.75) is 32.4 Å². The lowest BCUT2D eigenvalue weighted by atomic mass is 10.1. The van der Waals surface area contributed by atoms with Crippen LogP contribution in [0.3, 0.4) is 0 Å². The first-order valence-electron chi connectivity index (χ1n) is 6.61. The average molecular weight is 275 g/mol. The minimum Gasteiger partial charge on any atom is -0.389 e. The quantitative estimate of drug-likeness (QED) is 0.895. The Bertz CT molecular complexity index is 490. The zero-order chi connectivity index (χ0) is 13.8. The van der Waals surface area contributed by atoms with Gasteiger partial charge in [-0.2, -0.15) is 0 Å². The lowest BCUT2D eigenvalue weighted by molar-refractivity contribution is 0.199. The highest BCUT2D eigenvalue weighted by Gasteiger charge is 2.11. The molecule has 0 spiro atoms. The third-order valence-corrected chi connectivity index (χ3v) is 4.42. The van der Waals surface area contributed by atoms with Crippen LogP contribution in [0.2, 0.25) is 0 Å². The van der Waals surface area contributed by atoms with E-state index in [1.165, 1.54) is 10.6 Å². The molecule has 0 saturated carbocycles. The molecule has 0 bridgehead atoms. The Labute approximate surface area is 119 Å². The minimum atomic E-state index is -0.400. The van der Waals surface area contributed by atoms with Gasteiger partial charge in [0, 0.05) is 30.1 Å². The molecule has 1 aromatic carbocycles. The van der Waals surface area contributed by atoms with Gasteiger partial charge in [0.15, 0.2) is 0 Å². The van der Waals surface area contributed by atoms with Gasteiger partial charge in [0.05, 0.1) is 6.10 Å². The molecule has 1 heterocycles. The summed E-state index contributed by atoms with van der Waals surface area (Å²) in [6.45, 7) is 4.03. The van der Waals surface area contributed by atoms with Crippen molar-refractivity contribution >= 4 is 17.0 Å². The van der Waals surface area contributed by atoms with Crippen molar-refractivity contribution in [3.05, 3.63) is 52.2 Å². The zero-order valence-corrected chi connectivity index (χ0v) is 12.5. The maximum atomic E-state index is 9.52. The summed E-state index contributed by atoms with van der Waals surface area (Å²) >= 11 is 1.81. The highest BCUT2D eigenvalue weighted by atomic mass is 32.1. The maximum absolute atomic E-state index is 9.52. The Hall–Kier alpha value is -1.32. The predicted molar refractivity (Wildman–Crippen MR) is 83.0 cm³/mol. The fraction of sp³-hybridized carbons (Fsp3) is 0.375. The number of aliphatic hydroxyl groups is 1. The van der Waals surface area contributed by atoms with Crippen LogP contribution in [0.15, 0.2) is 41.8 Å². The smallest absolute Gasteiger partial charge is 0.0761 e. The summed E-state index contributed by atoms with van der Waals surface area (Å²) in [5.41, 5.74) is 2.15. The number of benzene rings is 1. The summed E-state index contributed by atoms with van der Waals surface area (Å²) in [6, 6.07) is 12.9. The summed E-state index contributed by atoms with van der Waals surface area (Å²) in [5, 5.41) is 11.6. The first-order chi connectivity index (χ1) is 9.08. The number of nitrogens with zero attached hydrogens (tertiary/aromatic N) is 1. The lowest BCUT2D eigenvalue weighted by Crippen LogP contribution is -2.30. The van der Waals surface area contributed by atoms with E-state index in [0.717, 1.165) is 12.0 Å². The number of aliphatic hydroxyl groups excluding tert-OH is 1. The molecule has 19 heavy (non-hydrogen) atoms. The molecule has 2 atom stereocenters. The number of hydrogen-bond acceptors (Lipinski definition) is 3. The molecular formula is C16H21NOS. The summed E-state index contributed by atoms with van der Waals surface area (Å²) < 4.78 is 0. The predicted octanol–water partition coefficient (Wildman–Crippen LogP) is 3.87. The van der Waals surface area contributed by atoms with Gasteiger partial charge in [0.25, 0.3) is 0 Å². The van der Waals surface area contributed by atoms with Crippen LogP contribution in [0.4, 0.5) is 5.69 Å². The topological polar surface area (TPSA) is 23.5 Å². The molecule has 0 saturated heterocycles. The molecule has 2 rings (SSSR count). The molecule has 0 aliphatic heterocycles. The Balaban J connectivity index is 2.04. The molecule has 0 aliphatic carbocycles. The molecule has 102 valence electrons. The van der Waals surface area contributed by atoms with Gasteiger partial charge in [-0.25, -0.2) is 0 Å². The molecule has 0 fully saturated rings. The third kappa shape index (κ3) is 3.58. The van der Waals surface area contributed by atoms with Crippen LogP contribution in [0.5, 0.6) is 0 Å². The molecule has 0 aliphatic rings. The van der Waals surface area contributed by atoms with Gasteiger partial charge in [-0.05, 0) is 43.0 Å². The van der Waals surface area contributed by atoms with Gasteiger partial charge < -0.3 is 10.0 Å². The molecule has 3 heteroatoms. The summed E-state index contributed by atoms with van der Waals surface area (Å²) in [6.07, 6.45) is 0.662. The van der Waals surface area contributed by atoms with Crippen LogP contribution < -0.4 is 4.90 Å². The Morgan fingerprint density at radius 2 is 1.84 bits per heavy atom. The van der Waals surface area contributed by atoms with Gasteiger partial charge in [-0.3, -0.25) is 0 Å². The van der Waals surface area contributed by atoms with Crippen LogP contribution in [0.1, 0.15) is 30.4 Å². The number of thiophene rings is 1. The van der Waals surface area contributed by atoms with Crippen molar-refractivity contribution in [3.8, 4) is 0 Å². The van der Waals surface area contributed by atoms with Crippen molar-refractivity contribution < 1.29 is 5.11 Å². The Kier molecular flexibility index (Phi) is 4.61. The van der Waals surface area contributed by atoms with E-state index >= 15 is 0 Å². The van der Waals surface area contributed by atoms with E-state index in [-0.39, 0.29) is 0 Å². The number of anilines is 1. The largest absolute Gasteiger partial charge is 0.389 e. The fourth-order valence-electron chi connectivity index (χ4n) is 2.10. The zero-order valence-electron chi connectivity index (χ0n) is 11.7. The fourth-order valence-corrected chi connectivity index (χ4v) is 2.93. The van der Waals surface area contributed by atoms with Gasteiger partial charge in [-0.1, -0.05) is 18.2 Å². The van der Waals surface area contributed by atoms with Crippen molar-refractivity contribution in [2.24, 2.45) is 0 Å². The second kappa shape index (κ2) is 6.22. The minimum absolute atomic E-state index is 0.400. The first kappa shape index (κ1) is 14.1. The second-order valence-electron chi connectivity index (χ2n) is 5.01. The van der Waals surface area contributed by atoms with E-state index < -0.39 is 6.10 Å². The molecule has 1 aromatic heterocycles. The molecule has 2 aromatic rings. The standard InChI is InChI=1S/C16H21NOS/c1-12(11-16-5-4-10-19-16)17(3)15-8-6-14(7-9-15)13(2)18/h4-10,12-13,18H,11H2,1-3H3/t12?,13-/m1/s1. The average Bonchev–Trinajstić information content (AvgIpc) is 2.90. The van der Waals surface area contributed by atoms with Crippen molar-refractivity contribution in [3.63, 3.8) is 0 Å². The molecule has 1 N–H and O–H groups in total. The third-order valence-electron chi connectivity index (χ3n) is 3.52. The summed E-state index contributed by atoms with van der Waals surface area (Å²) in [7, 11) is 2.12. The van der Waals surface area contributed by atoms with Crippen LogP contribution in [0.25, 0.3) is 0 Å². The molecule has 0 amide bonds. The van der Waals surface area contributed by atoms with Crippen molar-refractivity contribution in [2.75, 3.05) is 11.9 Å². The second-order valence-corrected chi connectivity index (χ2v) is 6.04. The Morgan fingerprint density at radius 1 is 1.16 bits per heavy atom. The lowest BCUT2D eigenvalue weighted by Gasteiger charge is -2.27. The van der Waals surface area contributed by atoms with Gasteiger partial charge in [-0.15, -0.1) is 11.3 Å². The van der Waals surface area contributed by atoms with Gasteiger partial charge in [0.1, 0.15) is 0 Å². The Morgan fingerprint density at radius 3 is 2.37 bits per heavy atom. The number of likely N-dealkylation sites (N-methyl/N-ethyl adjacent to an activating group) is 1. The van der Waals surface area contributed by atoms with Crippen LogP contribution in [-0.4, -0.2) is 18.2 Å². The monoisotopic (exact) mass is 275 g/mol. The van der Waals surface area contributed by atoms with E-state index in [0.29, 0.717) is 6.04 Å². The van der Waals surface area contributed by atoms with E-state index in [2.05, 4.69) is 48.5 Å². The molecule has 1 unspecified atom stereocenters. The van der Waals surface area contributed by atoms with E-state index in [1.54, 1.807) is 6.92 Å². The molecular weight excluding hydrogens is 254 g/mol. The highest BCUT2D eigenvalue weighted by Crippen LogP contribution is 2.21. The first-order valence-corrected chi connectivity index (χ1v) is 7.49. The van der Waals surface area contributed by atoms with Gasteiger partial charge >= 0.3 is 0 Å². The number of hydrogen-bond donors (Lipinski definition) is 1. The van der Waals surface area contributed by atoms with E-state index in [1.807, 2.05) is 23.5 Å². The summed E-state index contributed by atoms with van der Waals surface area (Å²) in [4.78, 5) is 3.70. The van der Waals surface area contributed by atoms with E-state index in [9.17, 15) is 5.11 Å². The van der Waals surface area contributed by atoms with Crippen LogP contribution >= 0.6 is 11.3 Å². The normalized spacial score (nSPS) is 14.1. The van der Waals surface area contributed by atoms with E-state index in [4.69, 9.17) is 0 Å². The van der Waals surface area contributed by atoms with Crippen molar-refractivity contribution in [1.29, 1.82) is 0 Å². The van der Waals surface area contributed by atoms with Crippen molar-refractivity contribution in [1.82, 2.24) is 0 Å². The maximum Gasteiger partial charge on any atom is 0.0761 e. The summed E-state index contributed by atoms with van der Waals surface area (Å²) in [5.74, 6) is 0. The molecule has 2 nitrogen and oxygen atoms in total. The van der Waals surface area contributed by atoms with Crippen LogP contribution in [0, 0.1) is 0 Å². The molecule has 0 radical (unpaired) electrons. The van der Waals surface area contributed by atoms with Gasteiger partial charge in [0.2, 0.25) is 0 Å². The van der Waals surface area contributed by atoms with Crippen LogP contribution in [-0.2, 0) is 6.42 Å².